The molecule has 0 aliphatic heterocycles. The fraction of sp³-hybridized carbons (Fsp3) is 0.235. The van der Waals surface area contributed by atoms with E-state index >= 15 is 0 Å². The van der Waals surface area contributed by atoms with Crippen molar-refractivity contribution in [3.63, 3.8) is 0 Å². The minimum Gasteiger partial charge on any atom is -0.493 e. The monoisotopic (exact) mass is 649 g/mol. The summed E-state index contributed by atoms with van der Waals surface area (Å²) < 4.78 is 40.1. The number of anilines is 1. The quantitative estimate of drug-likeness (QED) is 0.198. The average Bonchev–Trinajstić information content (AvgIpc) is 3.06. The number of benzene rings is 4. The first kappa shape index (κ1) is 33.4. The van der Waals surface area contributed by atoms with Crippen molar-refractivity contribution in [3.8, 4) is 11.5 Å². The molecule has 2 amide bonds. The zero-order valence-corrected chi connectivity index (χ0v) is 26.9. The van der Waals surface area contributed by atoms with Crippen LogP contribution in [0.5, 0.6) is 11.5 Å². The largest absolute Gasteiger partial charge is 0.493 e. The Morgan fingerprint density at radius 3 is 2.00 bits per heavy atom. The van der Waals surface area contributed by atoms with Gasteiger partial charge in [0.1, 0.15) is 12.6 Å². The van der Waals surface area contributed by atoms with Gasteiger partial charge in [-0.3, -0.25) is 13.9 Å². The summed E-state index contributed by atoms with van der Waals surface area (Å²) in [5.41, 5.74) is 1.86. The number of likely N-dealkylation sites (N-methyl/N-ethyl adjacent to an activating group) is 1. The van der Waals surface area contributed by atoms with E-state index < -0.39 is 28.5 Å². The standard InChI is InChI=1S/C34H36ClN3O6S/c1-4-36-34(40)30(21-25-11-7-5-8-12-25)37(23-26-13-9-6-10-14-26)33(39)24-38(28-17-15-27(35)16-18-28)45(41,42)29-19-20-31(43-2)32(22-29)44-3/h5-20,22,30H,4,21,23-24H2,1-3H3,(H,36,40). The molecule has 1 N–H and O–H groups in total. The number of carbonyl (C=O) groups excluding carboxylic acids is 2. The number of nitrogens with one attached hydrogen (secondary N) is 1. The second-order valence-corrected chi connectivity index (χ2v) is 12.4. The zero-order chi connectivity index (χ0) is 32.4. The highest BCUT2D eigenvalue weighted by molar-refractivity contribution is 7.92. The number of hydrogen-bond donors (Lipinski definition) is 1. The molecule has 1 unspecified atom stereocenters. The molecule has 1 atom stereocenters. The molecule has 9 nitrogen and oxygen atoms in total. The first-order valence-corrected chi connectivity index (χ1v) is 16.1. The third-order valence-electron chi connectivity index (χ3n) is 7.15. The number of halogens is 1. The molecule has 0 saturated heterocycles. The van der Waals surface area contributed by atoms with Gasteiger partial charge in [-0.25, -0.2) is 8.42 Å². The summed E-state index contributed by atoms with van der Waals surface area (Å²) in [6, 6.07) is 28.1. The maximum atomic E-state index is 14.4. The number of hydrogen-bond acceptors (Lipinski definition) is 6. The lowest BCUT2D eigenvalue weighted by molar-refractivity contribution is -0.140. The lowest BCUT2D eigenvalue weighted by Crippen LogP contribution is -2.53. The predicted molar refractivity (Wildman–Crippen MR) is 175 cm³/mol. The first-order valence-electron chi connectivity index (χ1n) is 14.3. The van der Waals surface area contributed by atoms with Gasteiger partial charge in [0.05, 0.1) is 24.8 Å². The maximum absolute atomic E-state index is 14.4. The Balaban J connectivity index is 1.80. The Morgan fingerprint density at radius 2 is 1.42 bits per heavy atom. The molecule has 4 rings (SSSR count). The molecule has 4 aromatic rings. The van der Waals surface area contributed by atoms with Gasteiger partial charge in [0.25, 0.3) is 10.0 Å². The average molecular weight is 650 g/mol. The van der Waals surface area contributed by atoms with E-state index in [1.165, 1.54) is 49.5 Å². The van der Waals surface area contributed by atoms with E-state index in [9.17, 15) is 18.0 Å². The first-order chi connectivity index (χ1) is 21.7. The van der Waals surface area contributed by atoms with Crippen LogP contribution in [-0.4, -0.2) is 58.5 Å². The van der Waals surface area contributed by atoms with Crippen molar-refractivity contribution in [2.24, 2.45) is 0 Å². The highest BCUT2D eigenvalue weighted by Gasteiger charge is 2.34. The van der Waals surface area contributed by atoms with E-state index in [0.717, 1.165) is 15.4 Å². The van der Waals surface area contributed by atoms with Gasteiger partial charge in [-0.15, -0.1) is 0 Å². The summed E-state index contributed by atoms with van der Waals surface area (Å²) in [6.45, 7) is 1.66. The lowest BCUT2D eigenvalue weighted by Gasteiger charge is -2.34. The summed E-state index contributed by atoms with van der Waals surface area (Å²) in [5, 5.41) is 3.25. The Morgan fingerprint density at radius 1 is 0.822 bits per heavy atom. The van der Waals surface area contributed by atoms with E-state index in [4.69, 9.17) is 21.1 Å². The molecular formula is C34H36ClN3O6S. The molecule has 236 valence electrons. The van der Waals surface area contributed by atoms with Crippen LogP contribution < -0.4 is 19.1 Å². The minimum atomic E-state index is -4.33. The fourth-order valence-corrected chi connectivity index (χ4v) is 6.42. The predicted octanol–water partition coefficient (Wildman–Crippen LogP) is 5.33. The number of carbonyl (C=O) groups is 2. The molecular weight excluding hydrogens is 614 g/mol. The fourth-order valence-electron chi connectivity index (χ4n) is 4.87. The number of nitrogens with zero attached hydrogens (tertiary/aromatic N) is 2. The van der Waals surface area contributed by atoms with Crippen molar-refractivity contribution < 1.29 is 27.5 Å². The van der Waals surface area contributed by atoms with Crippen LogP contribution >= 0.6 is 11.6 Å². The van der Waals surface area contributed by atoms with Gasteiger partial charge in [-0.1, -0.05) is 72.3 Å². The third kappa shape index (κ3) is 8.34. The molecule has 0 spiro atoms. The number of amides is 2. The van der Waals surface area contributed by atoms with Gasteiger partial charge in [0.15, 0.2) is 11.5 Å². The van der Waals surface area contributed by atoms with Crippen LogP contribution in [0.3, 0.4) is 0 Å². The second-order valence-electron chi connectivity index (χ2n) is 10.1. The highest BCUT2D eigenvalue weighted by Crippen LogP contribution is 2.33. The molecule has 0 bridgehead atoms. The SMILES string of the molecule is CCNC(=O)C(Cc1ccccc1)N(Cc1ccccc1)C(=O)CN(c1ccc(Cl)cc1)S(=O)(=O)c1ccc(OC)c(OC)c1. The summed E-state index contributed by atoms with van der Waals surface area (Å²) >= 11 is 6.13. The molecule has 0 heterocycles. The van der Waals surface area contributed by atoms with Crippen LogP contribution in [0.1, 0.15) is 18.1 Å². The topological polar surface area (TPSA) is 105 Å². The third-order valence-corrected chi connectivity index (χ3v) is 9.18. The van der Waals surface area contributed by atoms with Crippen LogP contribution in [0.4, 0.5) is 5.69 Å². The van der Waals surface area contributed by atoms with Gasteiger partial charge in [-0.2, -0.15) is 0 Å². The Labute approximate surface area is 269 Å². The molecule has 0 saturated carbocycles. The van der Waals surface area contributed by atoms with Gasteiger partial charge in [0, 0.05) is 30.6 Å². The zero-order valence-electron chi connectivity index (χ0n) is 25.4. The van der Waals surface area contributed by atoms with Crippen LogP contribution in [0.2, 0.25) is 5.02 Å². The number of rotatable bonds is 14. The molecule has 45 heavy (non-hydrogen) atoms. The van der Waals surface area contributed by atoms with Gasteiger partial charge >= 0.3 is 0 Å². The van der Waals surface area contributed by atoms with E-state index in [1.54, 1.807) is 19.1 Å². The normalized spacial score (nSPS) is 11.7. The van der Waals surface area contributed by atoms with Crippen LogP contribution in [-0.2, 0) is 32.6 Å². The van der Waals surface area contributed by atoms with E-state index in [1.807, 2.05) is 60.7 Å². The minimum absolute atomic E-state index is 0.0825. The van der Waals surface area contributed by atoms with Crippen molar-refractivity contribution in [1.29, 1.82) is 0 Å². The van der Waals surface area contributed by atoms with Crippen molar-refractivity contribution in [1.82, 2.24) is 10.2 Å². The summed E-state index contributed by atoms with van der Waals surface area (Å²) in [4.78, 5) is 29.3. The Kier molecular flexibility index (Phi) is 11.5. The van der Waals surface area contributed by atoms with Crippen molar-refractivity contribution in [2.45, 2.75) is 30.8 Å². The van der Waals surface area contributed by atoms with Crippen LogP contribution in [0.25, 0.3) is 0 Å². The van der Waals surface area contributed by atoms with E-state index in [-0.39, 0.29) is 35.2 Å². The molecule has 0 aromatic heterocycles. The summed E-state index contributed by atoms with van der Waals surface area (Å²) in [6.07, 6.45) is 0.231. The van der Waals surface area contributed by atoms with E-state index in [2.05, 4.69) is 5.32 Å². The number of sulfonamides is 1. The molecule has 0 fully saturated rings. The molecule has 0 radical (unpaired) electrons. The van der Waals surface area contributed by atoms with Crippen LogP contribution in [0.15, 0.2) is 108 Å². The summed E-state index contributed by atoms with van der Waals surface area (Å²) in [7, 11) is -1.48. The van der Waals surface area contributed by atoms with Gasteiger partial charge in [0.2, 0.25) is 11.8 Å². The van der Waals surface area contributed by atoms with Gasteiger partial charge in [-0.05, 0) is 54.4 Å². The van der Waals surface area contributed by atoms with Crippen molar-refractivity contribution in [2.75, 3.05) is 31.6 Å². The molecule has 0 aliphatic carbocycles. The Bertz CT molecular complexity index is 1690. The maximum Gasteiger partial charge on any atom is 0.264 e. The molecule has 0 aliphatic rings. The molecule has 4 aromatic carbocycles. The number of ether oxygens (including phenoxy) is 2. The summed E-state index contributed by atoms with van der Waals surface area (Å²) in [5.74, 6) is -0.340. The highest BCUT2D eigenvalue weighted by atomic mass is 35.5. The molecule has 11 heteroatoms. The lowest BCUT2D eigenvalue weighted by atomic mass is 10.0. The second kappa shape index (κ2) is 15.5. The van der Waals surface area contributed by atoms with Crippen molar-refractivity contribution in [3.05, 3.63) is 119 Å². The smallest absolute Gasteiger partial charge is 0.264 e. The van der Waals surface area contributed by atoms with Gasteiger partial charge < -0.3 is 19.7 Å². The van der Waals surface area contributed by atoms with Crippen LogP contribution in [0, 0.1) is 0 Å². The van der Waals surface area contributed by atoms with Crippen molar-refractivity contribution >= 4 is 39.1 Å². The number of methoxy groups -OCH3 is 2. The Hall–Kier alpha value is -4.54. The van der Waals surface area contributed by atoms with E-state index in [0.29, 0.717) is 17.3 Å².